The Morgan fingerprint density at radius 2 is 1.68 bits per heavy atom. The molecule has 0 radical (unpaired) electrons. The fourth-order valence-corrected chi connectivity index (χ4v) is 7.58. The summed E-state index contributed by atoms with van der Waals surface area (Å²) in [6, 6.07) is 0. The van der Waals surface area contributed by atoms with Gasteiger partial charge in [-0.1, -0.05) is 34.1 Å². The van der Waals surface area contributed by atoms with Gasteiger partial charge in [0.2, 0.25) is 0 Å². The van der Waals surface area contributed by atoms with Crippen LogP contribution in [0.15, 0.2) is 0 Å². The van der Waals surface area contributed by atoms with Crippen LogP contribution in [0.1, 0.15) is 73.1 Å². The monoisotopic (exact) mass is 304 g/mol. The molecule has 0 spiro atoms. The largest absolute Gasteiger partial charge is 0.366 e. The van der Waals surface area contributed by atoms with Crippen molar-refractivity contribution in [1.82, 2.24) is 0 Å². The summed E-state index contributed by atoms with van der Waals surface area (Å²) in [4.78, 5) is 12.0. The lowest BCUT2D eigenvalue weighted by atomic mass is 9.39. The van der Waals surface area contributed by atoms with E-state index in [4.69, 9.17) is 4.74 Å². The summed E-state index contributed by atoms with van der Waals surface area (Å²) in [6.07, 6.45) is 9.31. The molecular formula is C20H32O2. The molecule has 0 aromatic carbocycles. The summed E-state index contributed by atoms with van der Waals surface area (Å²) < 4.78 is 6.07. The molecule has 3 aliphatic carbocycles. The van der Waals surface area contributed by atoms with Crippen LogP contribution in [0, 0.1) is 34.0 Å². The van der Waals surface area contributed by atoms with Gasteiger partial charge in [0, 0.05) is 0 Å². The molecule has 0 aromatic rings. The molecule has 124 valence electrons. The number of aldehydes is 1. The number of hydrogen-bond acceptors (Lipinski definition) is 2. The number of rotatable bonds is 1. The van der Waals surface area contributed by atoms with Crippen LogP contribution in [-0.4, -0.2) is 18.0 Å². The van der Waals surface area contributed by atoms with E-state index in [1.807, 2.05) is 0 Å². The van der Waals surface area contributed by atoms with Gasteiger partial charge in [0.25, 0.3) is 0 Å². The van der Waals surface area contributed by atoms with Crippen LogP contribution in [-0.2, 0) is 9.53 Å². The number of ether oxygens (including phenoxy) is 1. The van der Waals surface area contributed by atoms with Gasteiger partial charge in [-0.05, 0) is 67.1 Å². The topological polar surface area (TPSA) is 29.6 Å². The van der Waals surface area contributed by atoms with Crippen molar-refractivity contribution in [1.29, 1.82) is 0 Å². The van der Waals surface area contributed by atoms with Crippen molar-refractivity contribution in [2.24, 2.45) is 34.0 Å². The number of hydrogen-bond donors (Lipinski definition) is 0. The second-order valence-electron chi connectivity index (χ2n) is 10.1. The molecule has 4 aliphatic rings. The molecule has 0 N–H and O–H groups in total. The highest BCUT2D eigenvalue weighted by atomic mass is 16.6. The predicted octanol–water partition coefficient (Wildman–Crippen LogP) is 4.61. The smallest absolute Gasteiger partial charge is 0.126 e. The first-order valence-electron chi connectivity index (χ1n) is 9.31. The minimum Gasteiger partial charge on any atom is -0.366 e. The van der Waals surface area contributed by atoms with E-state index in [0.29, 0.717) is 22.9 Å². The van der Waals surface area contributed by atoms with Crippen molar-refractivity contribution in [2.75, 3.05) is 0 Å². The Labute approximate surface area is 135 Å². The van der Waals surface area contributed by atoms with Gasteiger partial charge in [0.15, 0.2) is 0 Å². The standard InChI is InChI=1S/C20H32O2/c1-17(2)8-6-9-18(3)13(17)7-10-19(4)14(18)11-16-20(5,22-16)15(19)12-21/h12-16H,6-11H2,1-5H3/t13?,14-,15+,16+,18+,19-,20-/m1/s1. The van der Waals surface area contributed by atoms with Crippen molar-refractivity contribution in [2.45, 2.75) is 84.8 Å². The molecule has 1 aliphatic heterocycles. The Bertz CT molecular complexity index is 512. The third kappa shape index (κ3) is 1.63. The van der Waals surface area contributed by atoms with Crippen LogP contribution in [0.5, 0.6) is 0 Å². The first-order valence-corrected chi connectivity index (χ1v) is 9.31. The second-order valence-corrected chi connectivity index (χ2v) is 10.1. The quantitative estimate of drug-likeness (QED) is 0.523. The SMILES string of the molecule is CC1(C)CCC[C@@]2(C)C1CC[C@@]1(C)[C@H](C=O)[C@@]3(C)O[C@H]3C[C@@H]12. The molecule has 0 aromatic heterocycles. The zero-order valence-electron chi connectivity index (χ0n) is 14.9. The molecule has 1 heterocycles. The van der Waals surface area contributed by atoms with Crippen LogP contribution in [0.4, 0.5) is 0 Å². The average molecular weight is 304 g/mol. The Kier molecular flexibility index (Phi) is 2.88. The summed E-state index contributed by atoms with van der Waals surface area (Å²) in [6.45, 7) is 12.1. The van der Waals surface area contributed by atoms with E-state index in [1.165, 1.54) is 44.8 Å². The molecule has 2 nitrogen and oxygen atoms in total. The summed E-state index contributed by atoms with van der Waals surface area (Å²) in [5, 5.41) is 0. The zero-order valence-corrected chi connectivity index (χ0v) is 14.9. The lowest BCUT2D eigenvalue weighted by molar-refractivity contribution is -0.165. The Balaban J connectivity index is 1.77. The molecule has 0 amide bonds. The fraction of sp³-hybridized carbons (Fsp3) is 0.950. The number of epoxide rings is 1. The van der Waals surface area contributed by atoms with E-state index in [9.17, 15) is 4.79 Å². The first-order chi connectivity index (χ1) is 10.2. The third-order valence-electron chi connectivity index (χ3n) is 8.73. The van der Waals surface area contributed by atoms with E-state index in [2.05, 4.69) is 34.6 Å². The van der Waals surface area contributed by atoms with Crippen LogP contribution in [0.25, 0.3) is 0 Å². The maximum atomic E-state index is 12.0. The molecule has 4 fully saturated rings. The lowest BCUT2D eigenvalue weighted by Crippen LogP contribution is -2.61. The summed E-state index contributed by atoms with van der Waals surface area (Å²) in [5.41, 5.74) is 0.835. The van der Waals surface area contributed by atoms with E-state index in [-0.39, 0.29) is 16.9 Å². The zero-order chi connectivity index (χ0) is 16.0. The van der Waals surface area contributed by atoms with Crippen LogP contribution < -0.4 is 0 Å². The predicted molar refractivity (Wildman–Crippen MR) is 87.5 cm³/mol. The Morgan fingerprint density at radius 3 is 2.36 bits per heavy atom. The fourth-order valence-electron chi connectivity index (χ4n) is 7.58. The number of carbonyl (C=O) groups is 1. The highest BCUT2D eigenvalue weighted by Gasteiger charge is 2.72. The highest BCUT2D eigenvalue weighted by Crippen LogP contribution is 2.72. The van der Waals surface area contributed by atoms with Crippen LogP contribution in [0.2, 0.25) is 0 Å². The van der Waals surface area contributed by atoms with E-state index in [0.717, 1.165) is 5.92 Å². The van der Waals surface area contributed by atoms with Crippen molar-refractivity contribution in [3.05, 3.63) is 0 Å². The molecule has 3 saturated carbocycles. The Hall–Kier alpha value is -0.370. The second kappa shape index (κ2) is 4.18. The molecule has 2 heteroatoms. The van der Waals surface area contributed by atoms with Gasteiger partial charge in [-0.15, -0.1) is 0 Å². The molecule has 1 unspecified atom stereocenters. The first kappa shape index (κ1) is 15.2. The molecule has 0 bridgehead atoms. The number of carbonyl (C=O) groups excluding carboxylic acids is 1. The van der Waals surface area contributed by atoms with Crippen molar-refractivity contribution in [3.8, 4) is 0 Å². The Morgan fingerprint density at radius 1 is 0.955 bits per heavy atom. The van der Waals surface area contributed by atoms with Gasteiger partial charge in [0.05, 0.1) is 12.0 Å². The lowest BCUT2D eigenvalue weighted by Gasteiger charge is -2.65. The maximum absolute atomic E-state index is 12.0. The van der Waals surface area contributed by atoms with E-state index in [1.54, 1.807) is 0 Å². The van der Waals surface area contributed by atoms with Gasteiger partial charge in [-0.25, -0.2) is 0 Å². The van der Waals surface area contributed by atoms with Crippen LogP contribution in [0.3, 0.4) is 0 Å². The van der Waals surface area contributed by atoms with Gasteiger partial charge in [-0.2, -0.15) is 0 Å². The molecule has 7 atom stereocenters. The van der Waals surface area contributed by atoms with Crippen LogP contribution >= 0.6 is 0 Å². The molecule has 4 rings (SSSR count). The van der Waals surface area contributed by atoms with Crippen molar-refractivity contribution < 1.29 is 9.53 Å². The minimum atomic E-state index is -0.152. The van der Waals surface area contributed by atoms with Gasteiger partial charge < -0.3 is 9.53 Å². The minimum absolute atomic E-state index is 0.0894. The highest BCUT2D eigenvalue weighted by molar-refractivity contribution is 5.60. The third-order valence-corrected chi connectivity index (χ3v) is 8.73. The number of fused-ring (bicyclic) bond motifs is 4. The molecule has 22 heavy (non-hydrogen) atoms. The van der Waals surface area contributed by atoms with Crippen molar-refractivity contribution in [3.63, 3.8) is 0 Å². The van der Waals surface area contributed by atoms with E-state index < -0.39 is 0 Å². The maximum Gasteiger partial charge on any atom is 0.126 e. The summed E-state index contributed by atoms with van der Waals surface area (Å²) >= 11 is 0. The van der Waals surface area contributed by atoms with Gasteiger partial charge in [0.1, 0.15) is 11.9 Å². The van der Waals surface area contributed by atoms with E-state index >= 15 is 0 Å². The normalized spacial score (nSPS) is 59.0. The van der Waals surface area contributed by atoms with Crippen molar-refractivity contribution >= 4 is 6.29 Å². The summed E-state index contributed by atoms with van der Waals surface area (Å²) in [5.74, 6) is 1.54. The van der Waals surface area contributed by atoms with Gasteiger partial charge in [-0.3, -0.25) is 0 Å². The van der Waals surface area contributed by atoms with Gasteiger partial charge >= 0.3 is 0 Å². The molecule has 1 saturated heterocycles. The average Bonchev–Trinajstić information content (AvgIpc) is 3.06. The summed E-state index contributed by atoms with van der Waals surface area (Å²) in [7, 11) is 0. The molecular weight excluding hydrogens is 272 g/mol.